The van der Waals surface area contributed by atoms with Gasteiger partial charge < -0.3 is 9.84 Å². The van der Waals surface area contributed by atoms with Gasteiger partial charge in [0.15, 0.2) is 5.82 Å². The molecule has 1 saturated heterocycles. The predicted molar refractivity (Wildman–Crippen MR) is 130 cm³/mol. The van der Waals surface area contributed by atoms with Crippen molar-refractivity contribution >= 4 is 16.3 Å². The van der Waals surface area contributed by atoms with E-state index in [0.717, 1.165) is 66.1 Å². The minimum absolute atomic E-state index is 0.0617. The Morgan fingerprint density at radius 3 is 2.39 bits per heavy atom. The summed E-state index contributed by atoms with van der Waals surface area (Å²) in [6.45, 7) is 6.76. The van der Waals surface area contributed by atoms with Crippen LogP contribution in [0.4, 0.5) is 0 Å². The maximum Gasteiger partial charge on any atom is 0.230 e. The monoisotopic (exact) mass is 463 g/mol. The van der Waals surface area contributed by atoms with E-state index in [2.05, 4.69) is 62.3 Å². The van der Waals surface area contributed by atoms with E-state index in [9.17, 15) is 5.11 Å². The third kappa shape index (κ3) is 4.46. The Labute approximate surface area is 197 Å². The number of ether oxygens (including phenoxy) is 1. The molecule has 0 radical (unpaired) electrons. The Balaban J connectivity index is 1.42. The minimum atomic E-state index is -0.0617. The standard InChI is InChI=1S/C25H29N5O2S/c1-3-21-26-25-30(27-21)24(31)23(33-25)22(19-9-11-20(32-2)12-10-19)29-15-13-28(14-16-29)17-18-7-5-4-6-8-18/h4-12,22,31H,3,13-17H2,1-2H3/t22-/m0/s1. The molecular formula is C25H29N5O2S. The molecule has 33 heavy (non-hydrogen) atoms. The van der Waals surface area contributed by atoms with Crippen LogP contribution in [0, 0.1) is 0 Å². The SMILES string of the molecule is CCc1nc2sc([C@H](c3ccc(OC)cc3)N3CCN(Cc4ccccc4)CC3)c(O)n2n1. The second-order valence-electron chi connectivity index (χ2n) is 8.34. The Kier molecular flexibility index (Phi) is 6.30. The summed E-state index contributed by atoms with van der Waals surface area (Å²) >= 11 is 1.52. The first-order chi connectivity index (χ1) is 16.2. The van der Waals surface area contributed by atoms with Crippen molar-refractivity contribution in [3.05, 3.63) is 76.4 Å². The largest absolute Gasteiger partial charge is 0.497 e. The molecule has 1 N–H and O–H groups in total. The van der Waals surface area contributed by atoms with Gasteiger partial charge in [0.2, 0.25) is 10.8 Å². The summed E-state index contributed by atoms with van der Waals surface area (Å²) in [6.07, 6.45) is 0.744. The average Bonchev–Trinajstić information content (AvgIpc) is 3.40. The highest BCUT2D eigenvalue weighted by atomic mass is 32.1. The van der Waals surface area contributed by atoms with Gasteiger partial charge >= 0.3 is 0 Å². The highest BCUT2D eigenvalue weighted by molar-refractivity contribution is 7.17. The number of hydrogen-bond donors (Lipinski definition) is 1. The number of benzene rings is 2. The van der Waals surface area contributed by atoms with Crippen molar-refractivity contribution in [2.45, 2.75) is 25.9 Å². The van der Waals surface area contributed by atoms with Gasteiger partial charge in [0.25, 0.3) is 0 Å². The van der Waals surface area contributed by atoms with Gasteiger partial charge in [-0.15, -0.1) is 5.10 Å². The Morgan fingerprint density at radius 2 is 1.76 bits per heavy atom. The van der Waals surface area contributed by atoms with Crippen LogP contribution in [0.25, 0.3) is 4.96 Å². The molecular weight excluding hydrogens is 434 g/mol. The molecule has 0 aliphatic carbocycles. The number of aromatic nitrogens is 3. The molecule has 0 saturated carbocycles. The fourth-order valence-electron chi connectivity index (χ4n) is 4.45. The van der Waals surface area contributed by atoms with Crippen LogP contribution in [0.5, 0.6) is 11.6 Å². The first-order valence-corrected chi connectivity index (χ1v) is 12.2. The number of hydrogen-bond acceptors (Lipinski definition) is 7. The summed E-state index contributed by atoms with van der Waals surface area (Å²) in [6, 6.07) is 18.7. The van der Waals surface area contributed by atoms with Crippen molar-refractivity contribution < 1.29 is 9.84 Å². The van der Waals surface area contributed by atoms with Crippen LogP contribution in [0.15, 0.2) is 54.6 Å². The molecule has 172 valence electrons. The van der Waals surface area contributed by atoms with E-state index in [0.29, 0.717) is 0 Å². The molecule has 1 aliphatic heterocycles. The minimum Gasteiger partial charge on any atom is -0.497 e. The number of piperazine rings is 1. The molecule has 1 atom stereocenters. The average molecular weight is 464 g/mol. The van der Waals surface area contributed by atoms with Gasteiger partial charge in [0.1, 0.15) is 5.75 Å². The van der Waals surface area contributed by atoms with Gasteiger partial charge in [0, 0.05) is 39.1 Å². The number of methoxy groups -OCH3 is 1. The molecule has 0 unspecified atom stereocenters. The molecule has 5 rings (SSSR count). The van der Waals surface area contributed by atoms with Gasteiger partial charge in [-0.3, -0.25) is 9.80 Å². The number of fused-ring (bicyclic) bond motifs is 1. The topological polar surface area (TPSA) is 66.1 Å². The van der Waals surface area contributed by atoms with E-state index < -0.39 is 0 Å². The summed E-state index contributed by atoms with van der Waals surface area (Å²) in [7, 11) is 1.68. The van der Waals surface area contributed by atoms with Crippen LogP contribution >= 0.6 is 11.3 Å². The van der Waals surface area contributed by atoms with Crippen molar-refractivity contribution in [3.63, 3.8) is 0 Å². The summed E-state index contributed by atoms with van der Waals surface area (Å²) in [5, 5.41) is 15.6. The first kappa shape index (κ1) is 21.9. The normalized spacial score (nSPS) is 16.3. The smallest absolute Gasteiger partial charge is 0.230 e. The van der Waals surface area contributed by atoms with Gasteiger partial charge in [-0.25, -0.2) is 4.98 Å². The van der Waals surface area contributed by atoms with Crippen molar-refractivity contribution in [2.75, 3.05) is 33.3 Å². The molecule has 2 aromatic heterocycles. The zero-order valence-corrected chi connectivity index (χ0v) is 19.8. The molecule has 0 bridgehead atoms. The third-order valence-corrected chi connectivity index (χ3v) is 7.33. The van der Waals surface area contributed by atoms with Crippen LogP contribution in [0.3, 0.4) is 0 Å². The predicted octanol–water partition coefficient (Wildman–Crippen LogP) is 3.97. The van der Waals surface area contributed by atoms with Crippen LogP contribution in [-0.2, 0) is 13.0 Å². The third-order valence-electron chi connectivity index (χ3n) is 6.26. The summed E-state index contributed by atoms with van der Waals surface area (Å²) in [5.41, 5.74) is 2.47. The van der Waals surface area contributed by atoms with E-state index >= 15 is 0 Å². The molecule has 1 fully saturated rings. The zero-order chi connectivity index (χ0) is 22.8. The van der Waals surface area contributed by atoms with Crippen molar-refractivity contribution in [1.82, 2.24) is 24.4 Å². The fourth-order valence-corrected chi connectivity index (χ4v) is 5.59. The lowest BCUT2D eigenvalue weighted by molar-refractivity contribution is 0.105. The lowest BCUT2D eigenvalue weighted by Gasteiger charge is -2.39. The summed E-state index contributed by atoms with van der Waals surface area (Å²) < 4.78 is 6.95. The number of nitrogens with zero attached hydrogens (tertiary/aromatic N) is 5. The van der Waals surface area contributed by atoms with E-state index in [-0.39, 0.29) is 11.9 Å². The van der Waals surface area contributed by atoms with Gasteiger partial charge in [0.05, 0.1) is 18.0 Å². The number of aryl methyl sites for hydroxylation is 1. The molecule has 0 amide bonds. The highest BCUT2D eigenvalue weighted by Gasteiger charge is 2.31. The maximum atomic E-state index is 11.1. The molecule has 8 heteroatoms. The van der Waals surface area contributed by atoms with Gasteiger partial charge in [-0.2, -0.15) is 4.52 Å². The van der Waals surface area contributed by atoms with E-state index in [4.69, 9.17) is 4.74 Å². The Hall–Kier alpha value is -2.94. The molecule has 3 heterocycles. The first-order valence-electron chi connectivity index (χ1n) is 11.4. The zero-order valence-electron chi connectivity index (χ0n) is 19.0. The fraction of sp³-hybridized carbons (Fsp3) is 0.360. The molecule has 0 spiro atoms. The second-order valence-corrected chi connectivity index (χ2v) is 9.35. The number of rotatable bonds is 7. The van der Waals surface area contributed by atoms with E-state index in [1.807, 2.05) is 19.1 Å². The van der Waals surface area contributed by atoms with E-state index in [1.54, 1.807) is 11.6 Å². The second kappa shape index (κ2) is 9.51. The lowest BCUT2D eigenvalue weighted by atomic mass is 10.0. The van der Waals surface area contributed by atoms with Crippen LogP contribution in [0.2, 0.25) is 0 Å². The molecule has 2 aromatic carbocycles. The molecule has 7 nitrogen and oxygen atoms in total. The summed E-state index contributed by atoms with van der Waals surface area (Å²) in [5.74, 6) is 1.76. The van der Waals surface area contributed by atoms with Crippen molar-refractivity contribution in [2.24, 2.45) is 0 Å². The Morgan fingerprint density at radius 1 is 1.03 bits per heavy atom. The van der Waals surface area contributed by atoms with Crippen molar-refractivity contribution in [3.8, 4) is 11.6 Å². The molecule has 4 aromatic rings. The van der Waals surface area contributed by atoms with Crippen LogP contribution in [-0.4, -0.2) is 62.8 Å². The number of aromatic hydroxyl groups is 1. The maximum absolute atomic E-state index is 11.1. The number of thiazole rings is 1. The van der Waals surface area contributed by atoms with Crippen LogP contribution in [0.1, 0.15) is 34.8 Å². The lowest BCUT2D eigenvalue weighted by Crippen LogP contribution is -2.47. The molecule has 1 aliphatic rings. The Bertz CT molecular complexity index is 1200. The van der Waals surface area contributed by atoms with Crippen LogP contribution < -0.4 is 4.74 Å². The van der Waals surface area contributed by atoms with Gasteiger partial charge in [-0.05, 0) is 23.3 Å². The summed E-state index contributed by atoms with van der Waals surface area (Å²) in [4.78, 5) is 11.2. The van der Waals surface area contributed by atoms with E-state index in [1.165, 1.54) is 16.9 Å². The van der Waals surface area contributed by atoms with Gasteiger partial charge in [-0.1, -0.05) is 60.7 Å². The van der Waals surface area contributed by atoms with Crippen molar-refractivity contribution in [1.29, 1.82) is 0 Å². The highest BCUT2D eigenvalue weighted by Crippen LogP contribution is 2.40. The quantitative estimate of drug-likeness (QED) is 0.447.